The molecule has 4 heteroatoms. The van der Waals surface area contributed by atoms with Gasteiger partial charge in [-0.05, 0) is 6.42 Å². The van der Waals surface area contributed by atoms with Crippen LogP contribution in [0.15, 0.2) is 0 Å². The lowest BCUT2D eigenvalue weighted by molar-refractivity contribution is 0.131. The Labute approximate surface area is 91.6 Å². The minimum Gasteiger partial charge on any atom is -0.431 e. The molecule has 0 aromatic heterocycles. The Kier molecular flexibility index (Phi) is 10.7. The van der Waals surface area contributed by atoms with E-state index in [9.17, 15) is 4.79 Å². The number of hydrogen-bond acceptors (Lipinski definition) is 4. The van der Waals surface area contributed by atoms with E-state index in [4.69, 9.17) is 5.11 Å². The van der Waals surface area contributed by atoms with Crippen molar-refractivity contribution in [2.45, 2.75) is 45.4 Å². The molecule has 1 aliphatic heterocycles. The van der Waals surface area contributed by atoms with Crippen LogP contribution < -0.4 is 0 Å². The third-order valence-electron chi connectivity index (χ3n) is 2.03. The zero-order valence-electron chi connectivity index (χ0n) is 9.54. The molecule has 0 aromatic rings. The average Bonchev–Trinajstić information content (AvgIpc) is 2.70. The smallest absolute Gasteiger partial charge is 0.431 e. The molecule has 0 saturated carbocycles. The minimum absolute atomic E-state index is 0.367. The molecule has 0 radical (unpaired) electrons. The van der Waals surface area contributed by atoms with Crippen molar-refractivity contribution in [3.63, 3.8) is 0 Å². The first-order valence-corrected chi connectivity index (χ1v) is 5.71. The van der Waals surface area contributed by atoms with Crippen molar-refractivity contribution in [2.24, 2.45) is 0 Å². The molecule has 1 heterocycles. The molecule has 0 bridgehead atoms. The number of aliphatic hydroxyl groups excluding tert-OH is 1. The molecule has 15 heavy (non-hydrogen) atoms. The Balaban J connectivity index is 0.000000280. The van der Waals surface area contributed by atoms with Gasteiger partial charge in [0.25, 0.3) is 0 Å². The van der Waals surface area contributed by atoms with Gasteiger partial charge in [-0.1, -0.05) is 39.0 Å². The number of carbonyl (C=O) groups excluding carboxylic acids is 1. The van der Waals surface area contributed by atoms with E-state index in [0.29, 0.717) is 19.8 Å². The highest BCUT2D eigenvalue weighted by Gasteiger charge is 2.09. The molecule has 4 nitrogen and oxygen atoms in total. The van der Waals surface area contributed by atoms with E-state index in [-0.39, 0.29) is 0 Å². The van der Waals surface area contributed by atoms with Crippen molar-refractivity contribution >= 4 is 6.16 Å². The topological polar surface area (TPSA) is 55.8 Å². The first-order chi connectivity index (χ1) is 7.31. The van der Waals surface area contributed by atoms with Gasteiger partial charge in [0.2, 0.25) is 0 Å². The molecule has 90 valence electrons. The second-order valence-corrected chi connectivity index (χ2v) is 3.44. The van der Waals surface area contributed by atoms with E-state index >= 15 is 0 Å². The summed E-state index contributed by atoms with van der Waals surface area (Å²) >= 11 is 0. The number of cyclic esters (lactones) is 2. The van der Waals surface area contributed by atoms with Gasteiger partial charge in [-0.3, -0.25) is 0 Å². The maximum atomic E-state index is 9.80. The SMILES string of the molecule is CCCCCCCCO.O=C1OCCO1. The monoisotopic (exact) mass is 218 g/mol. The zero-order valence-corrected chi connectivity index (χ0v) is 9.54. The quantitative estimate of drug-likeness (QED) is 0.549. The lowest BCUT2D eigenvalue weighted by Crippen LogP contribution is -1.88. The van der Waals surface area contributed by atoms with Crippen LogP contribution >= 0.6 is 0 Å². The molecular weight excluding hydrogens is 196 g/mol. The van der Waals surface area contributed by atoms with Crippen LogP contribution in [0.1, 0.15) is 45.4 Å². The number of carbonyl (C=O) groups is 1. The Morgan fingerprint density at radius 3 is 2.00 bits per heavy atom. The molecule has 0 aliphatic carbocycles. The molecule has 0 unspecified atom stereocenters. The molecular formula is C11H22O4. The Morgan fingerprint density at radius 2 is 1.60 bits per heavy atom. The summed E-state index contributed by atoms with van der Waals surface area (Å²) in [5.41, 5.74) is 0. The highest BCUT2D eigenvalue weighted by molar-refractivity contribution is 5.61. The number of hydrogen-bond donors (Lipinski definition) is 1. The highest BCUT2D eigenvalue weighted by Crippen LogP contribution is 2.03. The van der Waals surface area contributed by atoms with Gasteiger partial charge in [0.1, 0.15) is 13.2 Å². The van der Waals surface area contributed by atoms with Crippen molar-refractivity contribution in [3.8, 4) is 0 Å². The summed E-state index contributed by atoms with van der Waals surface area (Å²) in [4.78, 5) is 9.80. The first-order valence-electron chi connectivity index (χ1n) is 5.71. The number of ether oxygens (including phenoxy) is 2. The fourth-order valence-electron chi connectivity index (χ4n) is 1.18. The summed E-state index contributed by atoms with van der Waals surface area (Å²) in [6.07, 6.45) is 6.95. The normalized spacial score (nSPS) is 13.9. The van der Waals surface area contributed by atoms with Gasteiger partial charge < -0.3 is 14.6 Å². The molecule has 0 aromatic carbocycles. The molecule has 0 spiro atoms. The Bertz CT molecular complexity index is 134. The third kappa shape index (κ3) is 11.2. The van der Waals surface area contributed by atoms with Crippen molar-refractivity contribution in [2.75, 3.05) is 19.8 Å². The zero-order chi connectivity index (χ0) is 11.4. The van der Waals surface area contributed by atoms with Crippen molar-refractivity contribution in [1.82, 2.24) is 0 Å². The first kappa shape index (κ1) is 14.2. The van der Waals surface area contributed by atoms with Gasteiger partial charge in [-0.25, -0.2) is 4.79 Å². The summed E-state index contributed by atoms with van der Waals surface area (Å²) in [5, 5.41) is 8.42. The van der Waals surface area contributed by atoms with Crippen molar-refractivity contribution < 1.29 is 19.4 Å². The lowest BCUT2D eigenvalue weighted by atomic mass is 10.1. The molecule has 1 fully saturated rings. The Morgan fingerprint density at radius 1 is 1.07 bits per heavy atom. The van der Waals surface area contributed by atoms with E-state index in [1.807, 2.05) is 0 Å². The average molecular weight is 218 g/mol. The maximum Gasteiger partial charge on any atom is 0.508 e. The molecule has 1 rings (SSSR count). The van der Waals surface area contributed by atoms with Crippen LogP contribution in [-0.2, 0) is 9.47 Å². The summed E-state index contributed by atoms with van der Waals surface area (Å²) in [6.45, 7) is 3.41. The van der Waals surface area contributed by atoms with Crippen molar-refractivity contribution in [1.29, 1.82) is 0 Å². The highest BCUT2D eigenvalue weighted by atomic mass is 16.8. The predicted octanol–water partition coefficient (Wildman–Crippen LogP) is 2.49. The fraction of sp³-hybridized carbons (Fsp3) is 0.909. The largest absolute Gasteiger partial charge is 0.508 e. The van der Waals surface area contributed by atoms with E-state index in [1.165, 1.54) is 32.1 Å². The van der Waals surface area contributed by atoms with Crippen LogP contribution in [0.2, 0.25) is 0 Å². The van der Waals surface area contributed by atoms with Gasteiger partial charge in [0, 0.05) is 6.61 Å². The summed E-state index contributed by atoms with van der Waals surface area (Å²) in [6, 6.07) is 0. The van der Waals surface area contributed by atoms with Gasteiger partial charge in [0.05, 0.1) is 0 Å². The van der Waals surface area contributed by atoms with E-state index in [0.717, 1.165) is 6.42 Å². The molecule has 1 aliphatic rings. The standard InChI is InChI=1S/C8H18O.C3H4O3/c1-2-3-4-5-6-7-8-9;4-3-5-1-2-6-3/h9H,2-8H2,1H3;1-2H2. The molecule has 0 amide bonds. The van der Waals surface area contributed by atoms with Crippen LogP contribution in [0, 0.1) is 0 Å². The van der Waals surface area contributed by atoms with Gasteiger partial charge in [-0.2, -0.15) is 0 Å². The number of aliphatic hydroxyl groups is 1. The summed E-state index contributed by atoms with van der Waals surface area (Å²) in [7, 11) is 0. The molecule has 0 atom stereocenters. The van der Waals surface area contributed by atoms with Crippen LogP contribution in [0.5, 0.6) is 0 Å². The number of rotatable bonds is 6. The summed E-state index contributed by atoms with van der Waals surface area (Å²) < 4.78 is 8.58. The third-order valence-corrected chi connectivity index (χ3v) is 2.03. The predicted molar refractivity (Wildman–Crippen MR) is 57.8 cm³/mol. The summed E-state index contributed by atoms with van der Waals surface area (Å²) in [5.74, 6) is 0. The maximum absolute atomic E-state index is 9.80. The van der Waals surface area contributed by atoms with Crippen LogP contribution in [0.3, 0.4) is 0 Å². The minimum atomic E-state index is -0.546. The van der Waals surface area contributed by atoms with Gasteiger partial charge >= 0.3 is 6.16 Å². The van der Waals surface area contributed by atoms with Crippen LogP contribution in [-0.4, -0.2) is 31.1 Å². The second kappa shape index (κ2) is 11.3. The van der Waals surface area contributed by atoms with E-state index in [1.54, 1.807) is 0 Å². The van der Waals surface area contributed by atoms with Crippen LogP contribution in [0.25, 0.3) is 0 Å². The Hall–Kier alpha value is -0.770. The molecule has 1 N–H and O–H groups in total. The second-order valence-electron chi connectivity index (χ2n) is 3.44. The van der Waals surface area contributed by atoms with E-state index < -0.39 is 6.16 Å². The van der Waals surface area contributed by atoms with Crippen molar-refractivity contribution in [3.05, 3.63) is 0 Å². The molecule has 1 saturated heterocycles. The van der Waals surface area contributed by atoms with E-state index in [2.05, 4.69) is 16.4 Å². The lowest BCUT2D eigenvalue weighted by Gasteiger charge is -1.95. The van der Waals surface area contributed by atoms with Crippen LogP contribution in [0.4, 0.5) is 4.79 Å². The number of unbranched alkanes of at least 4 members (excludes halogenated alkanes) is 5. The van der Waals surface area contributed by atoms with Gasteiger partial charge in [0.15, 0.2) is 0 Å². The fourth-order valence-corrected chi connectivity index (χ4v) is 1.18. The van der Waals surface area contributed by atoms with Gasteiger partial charge in [-0.15, -0.1) is 0 Å².